The van der Waals surface area contributed by atoms with E-state index in [4.69, 9.17) is 4.74 Å². The topological polar surface area (TPSA) is 64.1 Å². The third-order valence-corrected chi connectivity index (χ3v) is 5.73. The smallest absolute Gasteiger partial charge is 0.263 e. The summed E-state index contributed by atoms with van der Waals surface area (Å²) >= 11 is 1.49. The van der Waals surface area contributed by atoms with E-state index in [0.717, 1.165) is 17.1 Å². The number of nitrogens with one attached hydrogen (secondary N) is 1. The maximum atomic E-state index is 12.6. The van der Waals surface area contributed by atoms with Crippen LogP contribution in [0, 0.1) is 12.8 Å². The lowest BCUT2D eigenvalue weighted by atomic mass is 9.95. The Bertz CT molecular complexity index is 700. The minimum Gasteiger partial charge on any atom is -0.379 e. The molecule has 6 heteroatoms. The predicted octanol–water partition coefficient (Wildman–Crippen LogP) is 2.96. The van der Waals surface area contributed by atoms with Crippen LogP contribution in [0.15, 0.2) is 24.5 Å². The highest BCUT2D eigenvalue weighted by molar-refractivity contribution is 7.13. The number of aryl methyl sites for hydroxylation is 1. The Morgan fingerprint density at radius 2 is 2.12 bits per heavy atom. The third kappa shape index (κ3) is 3.82. The lowest BCUT2D eigenvalue weighted by Crippen LogP contribution is -2.40. The Labute approximate surface area is 146 Å². The maximum Gasteiger partial charge on any atom is 0.263 e. The van der Waals surface area contributed by atoms with Crippen LogP contribution in [0.3, 0.4) is 0 Å². The van der Waals surface area contributed by atoms with Gasteiger partial charge in [-0.05, 0) is 31.0 Å². The van der Waals surface area contributed by atoms with Crippen molar-refractivity contribution >= 4 is 17.2 Å². The van der Waals surface area contributed by atoms with Crippen LogP contribution in [-0.2, 0) is 11.2 Å². The molecule has 0 aliphatic carbocycles. The van der Waals surface area contributed by atoms with E-state index >= 15 is 0 Å². The molecule has 3 rings (SSSR count). The average molecular weight is 345 g/mol. The Morgan fingerprint density at radius 3 is 2.79 bits per heavy atom. The first-order valence-electron chi connectivity index (χ1n) is 8.29. The van der Waals surface area contributed by atoms with Crippen LogP contribution >= 0.6 is 11.3 Å². The third-order valence-electron chi connectivity index (χ3n) is 4.28. The number of rotatable bonds is 5. The summed E-state index contributed by atoms with van der Waals surface area (Å²) in [5, 5.41) is 4.16. The summed E-state index contributed by atoms with van der Waals surface area (Å²) in [6.45, 7) is 7.32. The molecule has 3 heterocycles. The number of aromatic nitrogens is 2. The minimum absolute atomic E-state index is 0.0351. The molecular weight excluding hydrogens is 322 g/mol. The number of thiazole rings is 1. The van der Waals surface area contributed by atoms with Gasteiger partial charge in [-0.2, -0.15) is 0 Å². The second-order valence-corrected chi connectivity index (χ2v) is 7.59. The Morgan fingerprint density at radius 1 is 1.38 bits per heavy atom. The molecule has 2 unspecified atom stereocenters. The van der Waals surface area contributed by atoms with Gasteiger partial charge in [0, 0.05) is 24.2 Å². The fraction of sp³-hybridized carbons (Fsp3) is 0.500. The fourth-order valence-corrected chi connectivity index (χ4v) is 3.86. The van der Waals surface area contributed by atoms with E-state index in [0.29, 0.717) is 24.0 Å². The molecule has 0 spiro atoms. The average Bonchev–Trinajstić information content (AvgIpc) is 3.15. The van der Waals surface area contributed by atoms with Crippen LogP contribution < -0.4 is 5.32 Å². The molecule has 0 bridgehead atoms. The highest BCUT2D eigenvalue weighted by Gasteiger charge is 2.31. The zero-order valence-electron chi connectivity index (χ0n) is 14.3. The van der Waals surface area contributed by atoms with E-state index < -0.39 is 0 Å². The van der Waals surface area contributed by atoms with Gasteiger partial charge in [-0.3, -0.25) is 9.78 Å². The molecular formula is C18H23N3O2S. The number of carbonyl (C=O) groups is 1. The molecule has 5 nitrogen and oxygen atoms in total. The number of ether oxygens (including phenoxy) is 1. The van der Waals surface area contributed by atoms with Crippen LogP contribution in [0.4, 0.5) is 0 Å². The van der Waals surface area contributed by atoms with Crippen LogP contribution in [0.5, 0.6) is 0 Å². The molecule has 128 valence electrons. The van der Waals surface area contributed by atoms with Gasteiger partial charge in [-0.1, -0.05) is 13.8 Å². The largest absolute Gasteiger partial charge is 0.379 e. The Hall–Kier alpha value is -1.79. The van der Waals surface area contributed by atoms with Gasteiger partial charge in [0.15, 0.2) is 0 Å². The number of carbonyl (C=O) groups excluding carboxylic acids is 1. The summed E-state index contributed by atoms with van der Waals surface area (Å²) in [7, 11) is 0. The van der Waals surface area contributed by atoms with Crippen LogP contribution in [0.2, 0.25) is 0 Å². The fourth-order valence-electron chi connectivity index (χ4n) is 2.89. The van der Waals surface area contributed by atoms with Crippen LogP contribution in [0.25, 0.3) is 0 Å². The molecule has 2 aromatic rings. The number of hydrogen-bond acceptors (Lipinski definition) is 5. The summed E-state index contributed by atoms with van der Waals surface area (Å²) in [6, 6.07) is 4.06. The monoisotopic (exact) mass is 345 g/mol. The number of amides is 1. The molecule has 0 aromatic carbocycles. The zero-order chi connectivity index (χ0) is 17.1. The van der Waals surface area contributed by atoms with E-state index in [1.807, 2.05) is 19.1 Å². The molecule has 0 saturated carbocycles. The van der Waals surface area contributed by atoms with Crippen molar-refractivity contribution in [2.75, 3.05) is 13.2 Å². The quantitative estimate of drug-likeness (QED) is 0.905. The van der Waals surface area contributed by atoms with Gasteiger partial charge in [0.2, 0.25) is 0 Å². The highest BCUT2D eigenvalue weighted by atomic mass is 32.1. The van der Waals surface area contributed by atoms with Crippen molar-refractivity contribution in [1.82, 2.24) is 15.3 Å². The number of pyridine rings is 1. The Kier molecular flexibility index (Phi) is 5.26. The predicted molar refractivity (Wildman–Crippen MR) is 94.4 cm³/mol. The summed E-state index contributed by atoms with van der Waals surface area (Å²) in [5.74, 6) is 0.589. The van der Waals surface area contributed by atoms with Crippen molar-refractivity contribution in [3.8, 4) is 0 Å². The molecule has 0 radical (unpaired) electrons. The summed E-state index contributed by atoms with van der Waals surface area (Å²) in [6.07, 6.45) is 4.48. The first kappa shape index (κ1) is 17.0. The molecule has 2 aromatic heterocycles. The first-order chi connectivity index (χ1) is 11.5. The molecule has 1 amide bonds. The van der Waals surface area contributed by atoms with Crippen molar-refractivity contribution in [1.29, 1.82) is 0 Å². The van der Waals surface area contributed by atoms with Gasteiger partial charge in [-0.25, -0.2) is 4.98 Å². The SMILES string of the molecule is Cc1nc(C(C)C)sc1C(=O)NC1COCC1Cc1ccncc1. The standard InChI is InChI=1S/C18H23N3O2S/c1-11(2)18-20-12(3)16(24-18)17(22)21-15-10-23-9-14(15)8-13-4-6-19-7-5-13/h4-7,11,14-15H,8-10H2,1-3H3,(H,21,22). The molecule has 2 atom stereocenters. The van der Waals surface area contributed by atoms with Gasteiger partial charge >= 0.3 is 0 Å². The molecule has 1 aliphatic rings. The maximum absolute atomic E-state index is 12.6. The van der Waals surface area contributed by atoms with Gasteiger partial charge in [0.1, 0.15) is 4.88 Å². The van der Waals surface area contributed by atoms with Gasteiger partial charge in [0.25, 0.3) is 5.91 Å². The molecule has 1 aliphatic heterocycles. The van der Waals surface area contributed by atoms with E-state index in [1.54, 1.807) is 12.4 Å². The Balaban J connectivity index is 1.67. The lowest BCUT2D eigenvalue weighted by molar-refractivity contribution is 0.0928. The molecule has 1 fully saturated rings. The van der Waals surface area contributed by atoms with Crippen molar-refractivity contribution in [2.24, 2.45) is 5.92 Å². The van der Waals surface area contributed by atoms with E-state index in [-0.39, 0.29) is 17.9 Å². The van der Waals surface area contributed by atoms with Crippen LogP contribution in [-0.4, -0.2) is 35.1 Å². The van der Waals surface area contributed by atoms with Crippen molar-refractivity contribution in [3.05, 3.63) is 45.7 Å². The zero-order valence-corrected chi connectivity index (χ0v) is 15.1. The van der Waals surface area contributed by atoms with Gasteiger partial charge in [-0.15, -0.1) is 11.3 Å². The van der Waals surface area contributed by atoms with Crippen LogP contribution in [0.1, 0.15) is 45.7 Å². The highest BCUT2D eigenvalue weighted by Crippen LogP contribution is 2.25. The molecule has 24 heavy (non-hydrogen) atoms. The number of nitrogens with zero attached hydrogens (tertiary/aromatic N) is 2. The van der Waals surface area contributed by atoms with E-state index in [2.05, 4.69) is 29.1 Å². The van der Waals surface area contributed by atoms with Gasteiger partial charge in [0.05, 0.1) is 30.0 Å². The van der Waals surface area contributed by atoms with Crippen molar-refractivity contribution in [3.63, 3.8) is 0 Å². The summed E-state index contributed by atoms with van der Waals surface area (Å²) < 4.78 is 5.61. The second-order valence-electron chi connectivity index (χ2n) is 6.56. The molecule has 1 saturated heterocycles. The van der Waals surface area contributed by atoms with E-state index in [9.17, 15) is 4.79 Å². The minimum atomic E-state index is -0.0351. The van der Waals surface area contributed by atoms with Crippen molar-refractivity contribution in [2.45, 2.75) is 39.2 Å². The second kappa shape index (κ2) is 7.40. The summed E-state index contributed by atoms with van der Waals surface area (Å²) in [4.78, 5) is 21.9. The number of hydrogen-bond donors (Lipinski definition) is 1. The van der Waals surface area contributed by atoms with Crippen molar-refractivity contribution < 1.29 is 9.53 Å². The lowest BCUT2D eigenvalue weighted by Gasteiger charge is -2.18. The van der Waals surface area contributed by atoms with Gasteiger partial charge < -0.3 is 10.1 Å². The molecule has 1 N–H and O–H groups in total. The normalized spacial score (nSPS) is 20.5. The first-order valence-corrected chi connectivity index (χ1v) is 9.11. The van der Waals surface area contributed by atoms with E-state index in [1.165, 1.54) is 16.9 Å². The summed E-state index contributed by atoms with van der Waals surface area (Å²) in [5.41, 5.74) is 2.03.